The molecule has 0 saturated carbocycles. The van der Waals surface area contributed by atoms with E-state index in [1.54, 1.807) is 23.9 Å². The fraction of sp³-hybridized carbons (Fsp3) is 0.400. The van der Waals surface area contributed by atoms with Crippen LogP contribution in [0.25, 0.3) is 0 Å². The lowest BCUT2D eigenvalue weighted by Crippen LogP contribution is -2.48. The Labute approximate surface area is 164 Å². The number of benzene rings is 1. The average molecular weight is 390 g/mol. The summed E-state index contributed by atoms with van der Waals surface area (Å²) in [6.45, 7) is 0.461. The monoisotopic (exact) mass is 389 g/mol. The molecule has 0 saturated heterocycles. The fourth-order valence-electron chi connectivity index (χ4n) is 2.74. The molecule has 2 rings (SSSR count). The van der Waals surface area contributed by atoms with Crippen LogP contribution >= 0.6 is 11.8 Å². The minimum absolute atomic E-state index is 0.0529. The fourth-order valence-corrected chi connectivity index (χ4v) is 3.21. The van der Waals surface area contributed by atoms with Gasteiger partial charge in [-0.05, 0) is 50.2 Å². The van der Waals surface area contributed by atoms with E-state index < -0.39 is 6.04 Å². The van der Waals surface area contributed by atoms with Gasteiger partial charge < -0.3 is 20.0 Å². The highest BCUT2D eigenvalue weighted by Gasteiger charge is 2.23. The third kappa shape index (κ3) is 6.45. The largest absolute Gasteiger partial charge is 0.459 e. The van der Waals surface area contributed by atoms with Crippen LogP contribution in [-0.4, -0.2) is 55.4 Å². The number of furan rings is 1. The highest BCUT2D eigenvalue weighted by molar-refractivity contribution is 7.98. The van der Waals surface area contributed by atoms with Crippen LogP contribution in [0.2, 0.25) is 0 Å². The summed E-state index contributed by atoms with van der Waals surface area (Å²) in [5, 5.41) is 5.76. The predicted molar refractivity (Wildman–Crippen MR) is 109 cm³/mol. The average Bonchev–Trinajstić information content (AvgIpc) is 3.20. The van der Waals surface area contributed by atoms with Crippen molar-refractivity contribution in [1.29, 1.82) is 0 Å². The summed E-state index contributed by atoms with van der Waals surface area (Å²) >= 11 is 1.64. The lowest BCUT2D eigenvalue weighted by atomic mass is 10.1. The molecule has 0 aliphatic heterocycles. The molecule has 2 aromatic rings. The zero-order valence-electron chi connectivity index (χ0n) is 16.0. The molecule has 1 aromatic carbocycles. The molecule has 0 fully saturated rings. The SMILES string of the molecule is CSCC[C@H](NC(=O)c1ccco1)C(=O)NC[C@H](c1ccccc1)N(C)C. The molecule has 146 valence electrons. The molecular formula is C20H27N3O3S. The molecule has 7 heteroatoms. The quantitative estimate of drug-likeness (QED) is 0.653. The van der Waals surface area contributed by atoms with E-state index in [1.165, 1.54) is 6.26 Å². The van der Waals surface area contributed by atoms with Crippen LogP contribution in [0.5, 0.6) is 0 Å². The number of carbonyl (C=O) groups excluding carboxylic acids is 2. The normalized spacial score (nSPS) is 13.2. The second-order valence-electron chi connectivity index (χ2n) is 6.42. The minimum atomic E-state index is -0.603. The van der Waals surface area contributed by atoms with Crippen molar-refractivity contribution in [3.8, 4) is 0 Å². The molecule has 1 heterocycles. The molecule has 0 aliphatic carbocycles. The van der Waals surface area contributed by atoms with Crippen LogP contribution in [0.4, 0.5) is 0 Å². The van der Waals surface area contributed by atoms with Crippen LogP contribution in [0.3, 0.4) is 0 Å². The van der Waals surface area contributed by atoms with Gasteiger partial charge in [0.15, 0.2) is 5.76 Å². The van der Waals surface area contributed by atoms with Gasteiger partial charge in [0.25, 0.3) is 5.91 Å². The van der Waals surface area contributed by atoms with Gasteiger partial charge in [-0.3, -0.25) is 9.59 Å². The topological polar surface area (TPSA) is 74.6 Å². The Kier molecular flexibility index (Phi) is 8.42. The van der Waals surface area contributed by atoms with Crippen molar-refractivity contribution in [2.75, 3.05) is 32.6 Å². The second-order valence-corrected chi connectivity index (χ2v) is 7.41. The Bertz CT molecular complexity index is 705. The molecule has 2 N–H and O–H groups in total. The van der Waals surface area contributed by atoms with Crippen molar-refractivity contribution in [3.63, 3.8) is 0 Å². The lowest BCUT2D eigenvalue weighted by molar-refractivity contribution is -0.123. The summed E-state index contributed by atoms with van der Waals surface area (Å²) in [5.41, 5.74) is 1.13. The van der Waals surface area contributed by atoms with E-state index in [9.17, 15) is 9.59 Å². The van der Waals surface area contributed by atoms with Gasteiger partial charge in [-0.1, -0.05) is 30.3 Å². The maximum absolute atomic E-state index is 12.7. The van der Waals surface area contributed by atoms with E-state index in [-0.39, 0.29) is 23.6 Å². The highest BCUT2D eigenvalue weighted by Crippen LogP contribution is 2.16. The predicted octanol–water partition coefficient (Wildman–Crippen LogP) is 2.55. The molecule has 27 heavy (non-hydrogen) atoms. The van der Waals surface area contributed by atoms with Crippen LogP contribution in [0, 0.1) is 0 Å². The zero-order valence-corrected chi connectivity index (χ0v) is 16.8. The number of thioether (sulfide) groups is 1. The molecule has 0 bridgehead atoms. The Balaban J connectivity index is 2.00. The standard InChI is InChI=1S/C20H27N3O3S/c1-23(2)17(15-8-5-4-6-9-15)14-21-19(24)16(11-13-27-3)22-20(25)18-10-7-12-26-18/h4-10,12,16-17H,11,13-14H2,1-3H3,(H,21,24)(H,22,25)/t16-,17+/m0/s1. The number of carbonyl (C=O) groups is 2. The molecular weight excluding hydrogens is 362 g/mol. The van der Waals surface area contributed by atoms with Crippen molar-refractivity contribution in [3.05, 3.63) is 60.1 Å². The molecule has 2 amide bonds. The van der Waals surface area contributed by atoms with Gasteiger partial charge in [-0.15, -0.1) is 0 Å². The number of nitrogens with one attached hydrogen (secondary N) is 2. The van der Waals surface area contributed by atoms with Gasteiger partial charge in [0, 0.05) is 6.54 Å². The first-order chi connectivity index (χ1) is 13.0. The number of rotatable bonds is 10. The smallest absolute Gasteiger partial charge is 0.287 e. The summed E-state index contributed by atoms with van der Waals surface area (Å²) in [4.78, 5) is 27.0. The van der Waals surface area contributed by atoms with Crippen molar-refractivity contribution in [2.24, 2.45) is 0 Å². The van der Waals surface area contributed by atoms with E-state index in [4.69, 9.17) is 4.42 Å². The van der Waals surface area contributed by atoms with E-state index in [1.807, 2.05) is 50.7 Å². The number of hydrogen-bond acceptors (Lipinski definition) is 5. The van der Waals surface area contributed by atoms with Crippen molar-refractivity contribution >= 4 is 23.6 Å². The van der Waals surface area contributed by atoms with Crippen LogP contribution in [0.15, 0.2) is 53.1 Å². The van der Waals surface area contributed by atoms with Gasteiger partial charge in [-0.2, -0.15) is 11.8 Å². The molecule has 1 aromatic heterocycles. The van der Waals surface area contributed by atoms with E-state index >= 15 is 0 Å². The van der Waals surface area contributed by atoms with Gasteiger partial charge in [0.1, 0.15) is 6.04 Å². The molecule has 2 atom stereocenters. The van der Waals surface area contributed by atoms with Crippen molar-refractivity contribution in [2.45, 2.75) is 18.5 Å². The Morgan fingerprint density at radius 1 is 1.15 bits per heavy atom. The minimum Gasteiger partial charge on any atom is -0.459 e. The zero-order chi connectivity index (χ0) is 19.6. The maximum atomic E-state index is 12.7. The number of likely N-dealkylation sites (N-methyl/N-ethyl adjacent to an activating group) is 1. The number of hydrogen-bond donors (Lipinski definition) is 2. The van der Waals surface area contributed by atoms with Gasteiger partial charge >= 0.3 is 0 Å². The first-order valence-corrected chi connectivity index (χ1v) is 10.2. The van der Waals surface area contributed by atoms with Crippen LogP contribution in [-0.2, 0) is 4.79 Å². The highest BCUT2D eigenvalue weighted by atomic mass is 32.2. The van der Waals surface area contributed by atoms with E-state index in [2.05, 4.69) is 15.5 Å². The molecule has 0 unspecified atom stereocenters. The lowest BCUT2D eigenvalue weighted by Gasteiger charge is -2.26. The summed E-state index contributed by atoms with van der Waals surface area (Å²) in [6, 6.07) is 12.7. The van der Waals surface area contributed by atoms with Gasteiger partial charge in [0.2, 0.25) is 5.91 Å². The third-order valence-electron chi connectivity index (χ3n) is 4.25. The summed E-state index contributed by atoms with van der Waals surface area (Å²) in [6.07, 6.45) is 3.96. The number of nitrogens with zero attached hydrogens (tertiary/aromatic N) is 1. The van der Waals surface area contributed by atoms with Gasteiger partial charge in [-0.25, -0.2) is 0 Å². The molecule has 0 radical (unpaired) electrons. The second kappa shape index (κ2) is 10.8. The Morgan fingerprint density at radius 3 is 2.48 bits per heavy atom. The third-order valence-corrected chi connectivity index (χ3v) is 4.90. The molecule has 0 aliphatic rings. The first kappa shape index (κ1) is 21.1. The van der Waals surface area contributed by atoms with Gasteiger partial charge in [0.05, 0.1) is 12.3 Å². The van der Waals surface area contributed by atoms with E-state index in [0.717, 1.165) is 11.3 Å². The Hall–Kier alpha value is -2.25. The molecule has 6 nitrogen and oxygen atoms in total. The van der Waals surface area contributed by atoms with Crippen LogP contribution < -0.4 is 10.6 Å². The summed E-state index contributed by atoms with van der Waals surface area (Å²) in [7, 11) is 3.96. The summed E-state index contributed by atoms with van der Waals surface area (Å²) < 4.78 is 5.11. The first-order valence-electron chi connectivity index (χ1n) is 8.85. The summed E-state index contributed by atoms with van der Waals surface area (Å²) in [5.74, 6) is 0.402. The van der Waals surface area contributed by atoms with Crippen LogP contribution in [0.1, 0.15) is 28.6 Å². The number of amides is 2. The molecule has 0 spiro atoms. The van der Waals surface area contributed by atoms with Crippen molar-refractivity contribution < 1.29 is 14.0 Å². The maximum Gasteiger partial charge on any atom is 0.287 e. The Morgan fingerprint density at radius 2 is 1.89 bits per heavy atom. The van der Waals surface area contributed by atoms with E-state index in [0.29, 0.717) is 13.0 Å². The van der Waals surface area contributed by atoms with Crippen molar-refractivity contribution in [1.82, 2.24) is 15.5 Å².